The average molecular weight is 1410 g/mol. The number of aryl methyl sites for hydroxylation is 4. The van der Waals surface area contributed by atoms with E-state index in [-0.39, 0.29) is 0 Å². The van der Waals surface area contributed by atoms with Crippen molar-refractivity contribution in [1.29, 1.82) is 0 Å². The van der Waals surface area contributed by atoms with Crippen molar-refractivity contribution >= 4 is 99.4 Å². The first-order valence-corrected chi connectivity index (χ1v) is 31.3. The molecule has 10 nitrogen and oxygen atoms in total. The van der Waals surface area contributed by atoms with Crippen molar-refractivity contribution in [3.8, 4) is 90.8 Å². The van der Waals surface area contributed by atoms with Gasteiger partial charge in [0, 0.05) is 58.2 Å². The van der Waals surface area contributed by atoms with E-state index in [9.17, 15) is 10.0 Å². The molecule has 8 aromatic carbocycles. The number of aromatic nitrogens is 4. The first-order chi connectivity index (χ1) is 42.8. The van der Waals surface area contributed by atoms with Gasteiger partial charge in [0.1, 0.15) is 55.2 Å². The molecule has 0 amide bonds. The molecule has 2 N–H and O–H groups in total. The summed E-state index contributed by atoms with van der Waals surface area (Å²) in [6, 6.07) is 70.8. The van der Waals surface area contributed by atoms with Gasteiger partial charge in [-0.2, -0.15) is 0 Å². The van der Waals surface area contributed by atoms with Gasteiger partial charge in [-0.1, -0.05) is 133 Å². The lowest BCUT2D eigenvalue weighted by Gasteiger charge is -2.22. The molecule has 0 saturated carbocycles. The second-order valence-corrected chi connectivity index (χ2v) is 23.8. The molecule has 432 valence electrons. The van der Waals surface area contributed by atoms with E-state index in [1.807, 2.05) is 220 Å². The largest absolute Gasteiger partial charge is 0.458 e. The smallest absolute Gasteiger partial charge is 0.366 e. The minimum atomic E-state index is -0.578. The van der Waals surface area contributed by atoms with E-state index < -0.39 is 13.8 Å². The van der Waals surface area contributed by atoms with Crippen LogP contribution in [0.2, 0.25) is 0 Å². The highest BCUT2D eigenvalue weighted by Crippen LogP contribution is 2.47. The third kappa shape index (κ3) is 13.8. The van der Waals surface area contributed by atoms with Gasteiger partial charge < -0.3 is 29.0 Å². The summed E-state index contributed by atoms with van der Waals surface area (Å²) >= 11 is 13.3. The van der Waals surface area contributed by atoms with E-state index in [0.29, 0.717) is 0 Å². The van der Waals surface area contributed by atoms with Crippen molar-refractivity contribution in [2.24, 2.45) is 0 Å². The Morgan fingerprint density at radius 3 is 1.16 bits per heavy atom. The van der Waals surface area contributed by atoms with Crippen LogP contribution in [0.25, 0.3) is 44.8 Å². The van der Waals surface area contributed by atoms with Crippen LogP contribution in [-0.4, -0.2) is 43.8 Å². The Bertz CT molecular complexity index is 4260. The van der Waals surface area contributed by atoms with Crippen LogP contribution in [0.5, 0.6) is 46.0 Å². The molecule has 4 aromatic heterocycles. The summed E-state index contributed by atoms with van der Waals surface area (Å²) in [6.45, 7) is 7.05. The molecule has 0 atom stereocenters. The zero-order chi connectivity index (χ0) is 61.3. The Morgan fingerprint density at radius 1 is 0.330 bits per heavy atom. The lowest BCUT2D eigenvalue weighted by atomic mass is 9.54. The quantitative estimate of drug-likeness (QED) is 0.112. The lowest BCUT2D eigenvalue weighted by Crippen LogP contribution is -2.46. The SMILES string of the molecule is Cc1ccnc(Br)c1Br.Cc1ccnc2c1-c1ccccc1Oc1ccccc1-2.Cc1cnc(Br)c(Br)c1.Cc1cnc2c(c1)-c1ccccc1Oc1ccccc1-2.OB1c2ccccc2Oc2ccccc21.OB1c2ccccc2Oc2ccccc21. The molecule has 0 aliphatic carbocycles. The number of pyridine rings is 4. The van der Waals surface area contributed by atoms with Gasteiger partial charge in [0.25, 0.3) is 0 Å². The van der Waals surface area contributed by atoms with Gasteiger partial charge in [0.15, 0.2) is 0 Å². The number of para-hydroxylation sites is 8. The van der Waals surface area contributed by atoms with Crippen LogP contribution in [-0.2, 0) is 0 Å². The lowest BCUT2D eigenvalue weighted by molar-refractivity contribution is 0.479. The maximum atomic E-state index is 10.1. The maximum Gasteiger partial charge on any atom is 0.366 e. The minimum absolute atomic E-state index is 0.578. The Labute approximate surface area is 546 Å². The molecule has 0 saturated heterocycles. The van der Waals surface area contributed by atoms with Crippen LogP contribution in [0.3, 0.4) is 0 Å². The van der Waals surface area contributed by atoms with Crippen LogP contribution in [0, 0.1) is 27.7 Å². The fraction of sp³-hybridized carbons (Fsp3) is 0.0556. The summed E-state index contributed by atoms with van der Waals surface area (Å²) in [5.74, 6) is 6.44. The molecular weight excluding hydrogens is 1360 g/mol. The number of fused-ring (bicyclic) bond motifs is 14. The molecule has 0 bridgehead atoms. The molecule has 88 heavy (non-hydrogen) atoms. The van der Waals surface area contributed by atoms with E-state index >= 15 is 0 Å². The molecular formula is C72H54B2Br4N4O6. The average Bonchev–Trinajstić information content (AvgIpc) is 3.31. The second-order valence-electron chi connectivity index (χ2n) is 20.6. The zero-order valence-corrected chi connectivity index (χ0v) is 54.4. The number of rotatable bonds is 0. The molecule has 16 heteroatoms. The van der Waals surface area contributed by atoms with Gasteiger partial charge in [0.2, 0.25) is 0 Å². The molecule has 16 rings (SSSR count). The summed E-state index contributed by atoms with van der Waals surface area (Å²) < 4.78 is 27.3. The minimum Gasteiger partial charge on any atom is -0.458 e. The maximum absolute atomic E-state index is 10.1. The molecule has 0 spiro atoms. The van der Waals surface area contributed by atoms with Gasteiger partial charge in [0.05, 0.1) is 20.3 Å². The molecule has 4 aliphatic rings. The standard InChI is InChI=1S/2C18H13NO.2C12H9BO2.2C6H5Br2N/c1-12-10-15-13-6-2-4-8-16(13)20-17-9-5-3-7-14(17)18(15)19-11-12;1-12-10-11-19-18-14-7-3-5-9-16(14)20-15-8-4-2-6-13(15)17(12)18;2*14-13-9-5-1-3-7-11(9)15-12-8-4-2-6-10(12)13;1-4-2-5(7)6(8)9-3-4;1-4-2-3-9-6(8)5(4)7/h2*2-11H,1H3;2*1-8,14H;2*2-3H,1H3. The van der Waals surface area contributed by atoms with Gasteiger partial charge in [-0.3, -0.25) is 9.97 Å². The van der Waals surface area contributed by atoms with E-state index in [1.165, 1.54) is 11.1 Å². The number of benzene rings is 8. The summed E-state index contributed by atoms with van der Waals surface area (Å²) in [5.41, 5.74) is 16.6. The van der Waals surface area contributed by atoms with Crippen molar-refractivity contribution in [1.82, 2.24) is 19.9 Å². The van der Waals surface area contributed by atoms with E-state index in [0.717, 1.165) is 142 Å². The zero-order valence-electron chi connectivity index (χ0n) is 48.1. The highest BCUT2D eigenvalue weighted by molar-refractivity contribution is 9.13. The van der Waals surface area contributed by atoms with Crippen molar-refractivity contribution in [3.63, 3.8) is 0 Å². The van der Waals surface area contributed by atoms with Gasteiger partial charge >= 0.3 is 13.8 Å². The molecule has 0 radical (unpaired) electrons. The number of ether oxygens (including phenoxy) is 4. The Morgan fingerprint density at radius 2 is 0.693 bits per heavy atom. The highest BCUT2D eigenvalue weighted by atomic mass is 79.9. The Kier molecular flexibility index (Phi) is 19.6. The van der Waals surface area contributed by atoms with Crippen LogP contribution in [0.4, 0.5) is 0 Å². The Balaban J connectivity index is 0.000000112. The van der Waals surface area contributed by atoms with Crippen molar-refractivity contribution in [2.75, 3.05) is 0 Å². The Hall–Kier alpha value is -8.47. The van der Waals surface area contributed by atoms with Crippen molar-refractivity contribution in [2.45, 2.75) is 27.7 Å². The number of nitrogens with zero attached hydrogens (tertiary/aromatic N) is 4. The van der Waals surface area contributed by atoms with E-state index in [1.54, 1.807) is 6.20 Å². The van der Waals surface area contributed by atoms with E-state index in [2.05, 4.69) is 128 Å². The molecule has 12 aromatic rings. The summed E-state index contributed by atoms with van der Waals surface area (Å²) in [4.78, 5) is 17.3. The molecule has 0 unspecified atom stereocenters. The van der Waals surface area contributed by atoms with Gasteiger partial charge in [-0.05, 0) is 220 Å². The third-order valence-electron chi connectivity index (χ3n) is 14.5. The highest BCUT2D eigenvalue weighted by Gasteiger charge is 2.31. The van der Waals surface area contributed by atoms with Gasteiger partial charge in [-0.15, -0.1) is 0 Å². The topological polar surface area (TPSA) is 129 Å². The van der Waals surface area contributed by atoms with Crippen LogP contribution < -0.4 is 40.8 Å². The fourth-order valence-corrected chi connectivity index (χ4v) is 11.5. The monoisotopic (exact) mass is 1410 g/mol. The predicted octanol–water partition coefficient (Wildman–Crippen LogP) is 17.3. The first-order valence-electron chi connectivity index (χ1n) is 28.1. The van der Waals surface area contributed by atoms with E-state index in [4.69, 9.17) is 18.9 Å². The van der Waals surface area contributed by atoms with Crippen LogP contribution in [0.1, 0.15) is 22.3 Å². The second kappa shape index (κ2) is 28.1. The number of hydrogen-bond donors (Lipinski definition) is 2. The predicted molar refractivity (Wildman–Crippen MR) is 369 cm³/mol. The fourth-order valence-electron chi connectivity index (χ4n) is 10.2. The van der Waals surface area contributed by atoms with Crippen LogP contribution in [0.15, 0.2) is 261 Å². The normalized spacial score (nSPS) is 11.6. The first kappa shape index (κ1) is 61.2. The number of hydrogen-bond acceptors (Lipinski definition) is 10. The molecule has 4 aliphatic heterocycles. The van der Waals surface area contributed by atoms with Crippen LogP contribution >= 0.6 is 63.7 Å². The molecule has 0 fully saturated rings. The summed E-state index contributed by atoms with van der Waals surface area (Å²) in [6.07, 6.45) is 7.35. The van der Waals surface area contributed by atoms with Gasteiger partial charge in [-0.25, -0.2) is 9.97 Å². The number of halogens is 4. The summed E-state index contributed by atoms with van der Waals surface area (Å²) in [5, 5.41) is 20.3. The summed E-state index contributed by atoms with van der Waals surface area (Å²) in [7, 11) is 0. The molecule has 8 heterocycles. The third-order valence-corrected chi connectivity index (χ3v) is 18.4. The van der Waals surface area contributed by atoms with Crippen molar-refractivity contribution in [3.05, 3.63) is 284 Å². The van der Waals surface area contributed by atoms with Crippen molar-refractivity contribution < 1.29 is 29.0 Å².